The summed E-state index contributed by atoms with van der Waals surface area (Å²) in [4.78, 5) is 9.17. The van der Waals surface area contributed by atoms with E-state index in [1.54, 1.807) is 13.2 Å². The second-order valence-corrected chi connectivity index (χ2v) is 6.48. The van der Waals surface area contributed by atoms with E-state index in [0.29, 0.717) is 16.9 Å². The number of ether oxygens (including phenoxy) is 1. The van der Waals surface area contributed by atoms with Gasteiger partial charge in [-0.1, -0.05) is 11.6 Å². The standard InChI is InChI=1S/C17H21ClN4O/c1-10(2)19-17-21-13(11-4-5-11)9-16(22-17)20-14-8-12(18)6-7-15(14)23-3/h6-11H,4-5H2,1-3H3,(H2,19,20,21,22). The molecule has 122 valence electrons. The Morgan fingerprint density at radius 3 is 2.65 bits per heavy atom. The molecule has 0 saturated heterocycles. The highest BCUT2D eigenvalue weighted by Crippen LogP contribution is 2.40. The van der Waals surface area contributed by atoms with Gasteiger partial charge in [-0.3, -0.25) is 0 Å². The van der Waals surface area contributed by atoms with Crippen LogP contribution in [0.4, 0.5) is 17.5 Å². The maximum Gasteiger partial charge on any atom is 0.225 e. The lowest BCUT2D eigenvalue weighted by molar-refractivity contribution is 0.417. The van der Waals surface area contributed by atoms with Crippen molar-refractivity contribution in [3.05, 3.63) is 35.0 Å². The van der Waals surface area contributed by atoms with Gasteiger partial charge in [0.15, 0.2) is 0 Å². The molecule has 1 aromatic carbocycles. The molecule has 6 heteroatoms. The lowest BCUT2D eigenvalue weighted by Crippen LogP contribution is -2.14. The van der Waals surface area contributed by atoms with Crippen LogP contribution in [-0.2, 0) is 0 Å². The van der Waals surface area contributed by atoms with Crippen molar-refractivity contribution in [3.8, 4) is 5.75 Å². The quantitative estimate of drug-likeness (QED) is 0.810. The van der Waals surface area contributed by atoms with E-state index in [-0.39, 0.29) is 6.04 Å². The number of nitrogens with one attached hydrogen (secondary N) is 2. The van der Waals surface area contributed by atoms with Crippen molar-refractivity contribution in [2.24, 2.45) is 0 Å². The second kappa shape index (κ2) is 6.62. The zero-order chi connectivity index (χ0) is 16.4. The maximum absolute atomic E-state index is 6.09. The SMILES string of the molecule is COc1ccc(Cl)cc1Nc1cc(C2CC2)nc(NC(C)C)n1. The first-order valence-electron chi connectivity index (χ1n) is 7.81. The molecule has 3 rings (SSSR count). The third kappa shape index (κ3) is 4.05. The summed E-state index contributed by atoms with van der Waals surface area (Å²) in [5, 5.41) is 7.22. The second-order valence-electron chi connectivity index (χ2n) is 6.04. The van der Waals surface area contributed by atoms with Gasteiger partial charge in [-0.25, -0.2) is 4.98 Å². The molecule has 1 saturated carbocycles. The minimum atomic E-state index is 0.276. The van der Waals surface area contributed by atoms with Gasteiger partial charge in [0.1, 0.15) is 11.6 Å². The van der Waals surface area contributed by atoms with Gasteiger partial charge in [0, 0.05) is 23.0 Å². The molecule has 1 fully saturated rings. The zero-order valence-electron chi connectivity index (χ0n) is 13.6. The van der Waals surface area contributed by atoms with Gasteiger partial charge in [0.25, 0.3) is 0 Å². The molecule has 1 aliphatic carbocycles. The lowest BCUT2D eigenvalue weighted by atomic mass is 10.2. The number of rotatable bonds is 6. The van der Waals surface area contributed by atoms with Gasteiger partial charge in [-0.05, 0) is 44.9 Å². The highest BCUT2D eigenvalue weighted by atomic mass is 35.5. The number of nitrogens with zero attached hydrogens (tertiary/aromatic N) is 2. The Balaban J connectivity index is 1.92. The highest BCUT2D eigenvalue weighted by Gasteiger charge is 2.26. The fourth-order valence-corrected chi connectivity index (χ4v) is 2.53. The maximum atomic E-state index is 6.09. The summed E-state index contributed by atoms with van der Waals surface area (Å²) in [6.45, 7) is 4.14. The molecule has 2 N–H and O–H groups in total. The molecule has 1 aromatic heterocycles. The summed E-state index contributed by atoms with van der Waals surface area (Å²) in [5.74, 6) is 2.66. The Hall–Kier alpha value is -2.01. The molecule has 23 heavy (non-hydrogen) atoms. The summed E-state index contributed by atoms with van der Waals surface area (Å²) < 4.78 is 5.38. The van der Waals surface area contributed by atoms with E-state index < -0.39 is 0 Å². The van der Waals surface area contributed by atoms with E-state index in [1.807, 2.05) is 18.2 Å². The van der Waals surface area contributed by atoms with E-state index in [0.717, 1.165) is 22.9 Å². The van der Waals surface area contributed by atoms with Crippen molar-refractivity contribution >= 4 is 29.1 Å². The molecule has 5 nitrogen and oxygen atoms in total. The normalized spacial score (nSPS) is 14.0. The number of halogens is 1. The van der Waals surface area contributed by atoms with Gasteiger partial charge in [0.05, 0.1) is 18.5 Å². The summed E-state index contributed by atoms with van der Waals surface area (Å²) >= 11 is 6.09. The third-order valence-electron chi connectivity index (χ3n) is 3.58. The molecular weight excluding hydrogens is 312 g/mol. The number of aromatic nitrogens is 2. The molecule has 0 spiro atoms. The van der Waals surface area contributed by atoms with Crippen LogP contribution < -0.4 is 15.4 Å². The van der Waals surface area contributed by atoms with Crippen LogP contribution in [-0.4, -0.2) is 23.1 Å². The van der Waals surface area contributed by atoms with E-state index in [2.05, 4.69) is 34.4 Å². The first-order chi connectivity index (χ1) is 11.0. The third-order valence-corrected chi connectivity index (χ3v) is 3.82. The lowest BCUT2D eigenvalue weighted by Gasteiger charge is -2.14. The van der Waals surface area contributed by atoms with Crippen LogP contribution in [0.1, 0.15) is 38.3 Å². The molecule has 0 bridgehead atoms. The Labute approximate surface area is 141 Å². The molecular formula is C17H21ClN4O. The van der Waals surface area contributed by atoms with Crippen LogP contribution in [0.25, 0.3) is 0 Å². The minimum absolute atomic E-state index is 0.276. The Morgan fingerprint density at radius 2 is 2.00 bits per heavy atom. The van der Waals surface area contributed by atoms with Crippen molar-refractivity contribution in [2.45, 2.75) is 38.6 Å². The molecule has 0 radical (unpaired) electrons. The van der Waals surface area contributed by atoms with Gasteiger partial charge in [-0.15, -0.1) is 0 Å². The van der Waals surface area contributed by atoms with Crippen molar-refractivity contribution in [3.63, 3.8) is 0 Å². The van der Waals surface area contributed by atoms with Gasteiger partial charge >= 0.3 is 0 Å². The molecule has 2 aromatic rings. The largest absolute Gasteiger partial charge is 0.495 e. The molecule has 1 heterocycles. The average Bonchev–Trinajstić information content (AvgIpc) is 3.31. The Bertz CT molecular complexity index is 701. The fourth-order valence-electron chi connectivity index (χ4n) is 2.36. The predicted octanol–water partition coefficient (Wildman–Crippen LogP) is 4.58. The molecule has 0 aliphatic heterocycles. The highest BCUT2D eigenvalue weighted by molar-refractivity contribution is 6.31. The van der Waals surface area contributed by atoms with Crippen LogP contribution in [0.3, 0.4) is 0 Å². The predicted molar refractivity (Wildman–Crippen MR) is 94.1 cm³/mol. The van der Waals surface area contributed by atoms with E-state index in [9.17, 15) is 0 Å². The smallest absolute Gasteiger partial charge is 0.225 e. The Morgan fingerprint density at radius 1 is 1.22 bits per heavy atom. The zero-order valence-corrected chi connectivity index (χ0v) is 14.3. The van der Waals surface area contributed by atoms with Crippen molar-refractivity contribution < 1.29 is 4.74 Å². The molecule has 0 unspecified atom stereocenters. The van der Waals surface area contributed by atoms with Crippen molar-refractivity contribution in [1.82, 2.24) is 9.97 Å². The van der Waals surface area contributed by atoms with Crippen molar-refractivity contribution in [2.75, 3.05) is 17.7 Å². The van der Waals surface area contributed by atoms with Crippen LogP contribution in [0.5, 0.6) is 5.75 Å². The first kappa shape index (κ1) is 15.9. The molecule has 0 amide bonds. The minimum Gasteiger partial charge on any atom is -0.495 e. The summed E-state index contributed by atoms with van der Waals surface area (Å²) in [6.07, 6.45) is 2.39. The number of hydrogen-bond acceptors (Lipinski definition) is 5. The summed E-state index contributed by atoms with van der Waals surface area (Å²) in [6, 6.07) is 7.74. The first-order valence-corrected chi connectivity index (χ1v) is 8.19. The van der Waals surface area contributed by atoms with E-state index >= 15 is 0 Å². The van der Waals surface area contributed by atoms with Crippen LogP contribution in [0.2, 0.25) is 5.02 Å². The summed E-state index contributed by atoms with van der Waals surface area (Å²) in [5.41, 5.74) is 1.86. The van der Waals surface area contributed by atoms with E-state index in [4.69, 9.17) is 16.3 Å². The monoisotopic (exact) mass is 332 g/mol. The summed E-state index contributed by atoms with van der Waals surface area (Å²) in [7, 11) is 1.63. The fraction of sp³-hybridized carbons (Fsp3) is 0.412. The van der Waals surface area contributed by atoms with E-state index in [1.165, 1.54) is 12.8 Å². The van der Waals surface area contributed by atoms with Crippen LogP contribution in [0.15, 0.2) is 24.3 Å². The number of methoxy groups -OCH3 is 1. The van der Waals surface area contributed by atoms with Gasteiger partial charge in [-0.2, -0.15) is 4.98 Å². The average molecular weight is 333 g/mol. The number of anilines is 3. The molecule has 1 aliphatic rings. The number of benzene rings is 1. The number of hydrogen-bond donors (Lipinski definition) is 2. The molecule has 0 atom stereocenters. The van der Waals surface area contributed by atoms with Crippen LogP contribution >= 0.6 is 11.6 Å². The van der Waals surface area contributed by atoms with Crippen LogP contribution in [0, 0.1) is 0 Å². The Kier molecular flexibility index (Phi) is 4.57. The van der Waals surface area contributed by atoms with Crippen molar-refractivity contribution in [1.29, 1.82) is 0 Å². The van der Waals surface area contributed by atoms with Gasteiger partial charge in [0.2, 0.25) is 5.95 Å². The van der Waals surface area contributed by atoms with Gasteiger partial charge < -0.3 is 15.4 Å². The topological polar surface area (TPSA) is 59.1 Å².